The molecule has 94 valence electrons. The molecular weight excluding hydrogens is 238 g/mol. The van der Waals surface area contributed by atoms with E-state index in [0.717, 1.165) is 19.6 Å². The maximum absolute atomic E-state index is 12.0. The van der Waals surface area contributed by atoms with Crippen molar-refractivity contribution >= 4 is 17.5 Å². The number of nitrogens with zero attached hydrogens (tertiary/aromatic N) is 1. The highest BCUT2D eigenvalue weighted by Gasteiger charge is 2.19. The second-order valence-corrected chi connectivity index (χ2v) is 5.07. The Kier molecular flexibility index (Phi) is 4.07. The first-order valence-electron chi connectivity index (χ1n) is 5.97. The molecule has 4 nitrogen and oxygen atoms in total. The molecule has 5 heteroatoms. The number of carbonyl (C=O) groups is 1. The molecule has 1 unspecified atom stereocenters. The number of H-pyrrole nitrogens is 1. The molecule has 1 amide bonds. The van der Waals surface area contributed by atoms with E-state index in [1.165, 1.54) is 12.8 Å². The third kappa shape index (κ3) is 3.23. The van der Waals surface area contributed by atoms with Gasteiger partial charge in [0.2, 0.25) is 0 Å². The van der Waals surface area contributed by atoms with Crippen LogP contribution < -0.4 is 5.32 Å². The third-order valence-electron chi connectivity index (χ3n) is 3.16. The van der Waals surface area contributed by atoms with Crippen LogP contribution in [0.1, 0.15) is 23.3 Å². The van der Waals surface area contributed by atoms with Gasteiger partial charge in [-0.05, 0) is 37.9 Å². The van der Waals surface area contributed by atoms with Gasteiger partial charge in [-0.3, -0.25) is 4.79 Å². The lowest BCUT2D eigenvalue weighted by atomic mass is 9.99. The zero-order valence-corrected chi connectivity index (χ0v) is 10.8. The smallest absolute Gasteiger partial charge is 0.270 e. The summed E-state index contributed by atoms with van der Waals surface area (Å²) in [4.78, 5) is 16.7. The number of hydrogen-bond donors (Lipinski definition) is 2. The minimum atomic E-state index is 0.00229. The number of rotatable bonds is 3. The van der Waals surface area contributed by atoms with Crippen LogP contribution in [0.2, 0.25) is 5.02 Å². The Labute approximate surface area is 106 Å². The summed E-state index contributed by atoms with van der Waals surface area (Å²) in [5, 5.41) is 3.93. The number of carbonyl (C=O) groups excluding carboxylic acids is 1. The van der Waals surface area contributed by atoms with Crippen LogP contribution >= 0.6 is 11.6 Å². The number of halogens is 1. The highest BCUT2D eigenvalue weighted by atomic mass is 35.5. The van der Waals surface area contributed by atoms with E-state index in [2.05, 4.69) is 10.3 Å². The number of hydrogen-bond acceptors (Lipinski definition) is 2. The van der Waals surface area contributed by atoms with E-state index in [-0.39, 0.29) is 5.91 Å². The SMILES string of the molecule is CN(CC1CCCNC1)C(=O)c1cc(Cl)c[nH]1. The average molecular weight is 256 g/mol. The van der Waals surface area contributed by atoms with E-state index in [4.69, 9.17) is 11.6 Å². The highest BCUT2D eigenvalue weighted by molar-refractivity contribution is 6.30. The largest absolute Gasteiger partial charge is 0.356 e. The lowest BCUT2D eigenvalue weighted by Gasteiger charge is -2.27. The molecule has 2 rings (SSSR count). The third-order valence-corrected chi connectivity index (χ3v) is 3.37. The van der Waals surface area contributed by atoms with Crippen molar-refractivity contribution in [1.82, 2.24) is 15.2 Å². The first-order chi connectivity index (χ1) is 8.16. The predicted molar refractivity (Wildman–Crippen MR) is 68.4 cm³/mol. The van der Waals surface area contributed by atoms with E-state index in [1.807, 2.05) is 7.05 Å². The van der Waals surface area contributed by atoms with Gasteiger partial charge in [0.1, 0.15) is 5.69 Å². The first kappa shape index (κ1) is 12.5. The summed E-state index contributed by atoms with van der Waals surface area (Å²) in [6.45, 7) is 2.89. The summed E-state index contributed by atoms with van der Waals surface area (Å²) in [7, 11) is 1.84. The Balaban J connectivity index is 1.90. The van der Waals surface area contributed by atoms with Gasteiger partial charge in [-0.15, -0.1) is 0 Å². The number of aromatic amines is 1. The molecule has 0 aliphatic carbocycles. The Morgan fingerprint density at radius 3 is 3.06 bits per heavy atom. The Hall–Kier alpha value is -1.00. The van der Waals surface area contributed by atoms with E-state index < -0.39 is 0 Å². The van der Waals surface area contributed by atoms with E-state index in [0.29, 0.717) is 16.6 Å². The van der Waals surface area contributed by atoms with Crippen molar-refractivity contribution in [3.05, 3.63) is 23.0 Å². The Morgan fingerprint density at radius 2 is 2.47 bits per heavy atom. The van der Waals surface area contributed by atoms with Gasteiger partial charge < -0.3 is 15.2 Å². The fraction of sp³-hybridized carbons (Fsp3) is 0.583. The highest BCUT2D eigenvalue weighted by Crippen LogP contribution is 2.14. The summed E-state index contributed by atoms with van der Waals surface area (Å²) < 4.78 is 0. The lowest BCUT2D eigenvalue weighted by Crippen LogP contribution is -2.39. The molecule has 0 aromatic carbocycles. The molecule has 1 aliphatic rings. The Morgan fingerprint density at radius 1 is 1.65 bits per heavy atom. The van der Waals surface area contributed by atoms with Gasteiger partial charge in [0, 0.05) is 19.8 Å². The fourth-order valence-electron chi connectivity index (χ4n) is 2.25. The van der Waals surface area contributed by atoms with Crippen LogP contribution in [0, 0.1) is 5.92 Å². The van der Waals surface area contributed by atoms with Gasteiger partial charge in [-0.25, -0.2) is 0 Å². The second kappa shape index (κ2) is 5.56. The second-order valence-electron chi connectivity index (χ2n) is 4.63. The van der Waals surface area contributed by atoms with Crippen LogP contribution in [0.3, 0.4) is 0 Å². The molecular formula is C12H18ClN3O. The minimum Gasteiger partial charge on any atom is -0.356 e. The quantitative estimate of drug-likeness (QED) is 0.864. The molecule has 0 bridgehead atoms. The Bertz CT molecular complexity index is 385. The standard InChI is InChI=1S/C12H18ClN3O/c1-16(8-9-3-2-4-14-6-9)12(17)11-5-10(13)7-15-11/h5,7,9,14-15H,2-4,6,8H2,1H3. The molecule has 17 heavy (non-hydrogen) atoms. The number of nitrogens with one attached hydrogen (secondary N) is 2. The number of amides is 1. The van der Waals surface area contributed by atoms with Crippen LogP contribution in [-0.4, -0.2) is 42.5 Å². The monoisotopic (exact) mass is 255 g/mol. The maximum Gasteiger partial charge on any atom is 0.270 e. The zero-order chi connectivity index (χ0) is 12.3. The molecule has 1 aromatic heterocycles. The summed E-state index contributed by atoms with van der Waals surface area (Å²) >= 11 is 5.79. The zero-order valence-electron chi connectivity index (χ0n) is 10.0. The molecule has 1 fully saturated rings. The molecule has 1 atom stereocenters. The summed E-state index contributed by atoms with van der Waals surface area (Å²) in [6.07, 6.45) is 4.02. The molecule has 0 radical (unpaired) electrons. The van der Waals surface area contributed by atoms with E-state index >= 15 is 0 Å². The van der Waals surface area contributed by atoms with Crippen LogP contribution in [0.5, 0.6) is 0 Å². The first-order valence-corrected chi connectivity index (χ1v) is 6.34. The van der Waals surface area contributed by atoms with E-state index in [9.17, 15) is 4.79 Å². The lowest BCUT2D eigenvalue weighted by molar-refractivity contribution is 0.0759. The molecule has 1 aliphatic heterocycles. The topological polar surface area (TPSA) is 48.1 Å². The molecule has 2 heterocycles. The molecule has 2 N–H and O–H groups in total. The van der Waals surface area contributed by atoms with Crippen LogP contribution in [0.4, 0.5) is 0 Å². The average Bonchev–Trinajstić information content (AvgIpc) is 2.76. The number of piperidine rings is 1. The predicted octanol–water partition coefficient (Wildman–Crippen LogP) is 1.74. The van der Waals surface area contributed by atoms with Crippen LogP contribution in [-0.2, 0) is 0 Å². The van der Waals surface area contributed by atoms with Gasteiger partial charge >= 0.3 is 0 Å². The summed E-state index contributed by atoms with van der Waals surface area (Å²) in [6, 6.07) is 1.67. The normalized spacial score (nSPS) is 20.2. The van der Waals surface area contributed by atoms with Crippen molar-refractivity contribution in [2.45, 2.75) is 12.8 Å². The fourth-order valence-corrected chi connectivity index (χ4v) is 2.41. The van der Waals surface area contributed by atoms with E-state index in [1.54, 1.807) is 17.2 Å². The van der Waals surface area contributed by atoms with Crippen molar-refractivity contribution in [3.63, 3.8) is 0 Å². The van der Waals surface area contributed by atoms with Crippen LogP contribution in [0.25, 0.3) is 0 Å². The van der Waals surface area contributed by atoms with Gasteiger partial charge in [0.25, 0.3) is 5.91 Å². The van der Waals surface area contributed by atoms with Crippen molar-refractivity contribution in [2.75, 3.05) is 26.7 Å². The maximum atomic E-state index is 12.0. The minimum absolute atomic E-state index is 0.00229. The van der Waals surface area contributed by atoms with Crippen LogP contribution in [0.15, 0.2) is 12.3 Å². The van der Waals surface area contributed by atoms with Gasteiger partial charge in [-0.1, -0.05) is 11.6 Å². The van der Waals surface area contributed by atoms with Crippen molar-refractivity contribution in [3.8, 4) is 0 Å². The summed E-state index contributed by atoms with van der Waals surface area (Å²) in [5.74, 6) is 0.561. The van der Waals surface area contributed by atoms with Crippen molar-refractivity contribution in [2.24, 2.45) is 5.92 Å². The van der Waals surface area contributed by atoms with Gasteiger partial charge in [-0.2, -0.15) is 0 Å². The van der Waals surface area contributed by atoms with Crippen molar-refractivity contribution < 1.29 is 4.79 Å². The number of aromatic nitrogens is 1. The van der Waals surface area contributed by atoms with Gasteiger partial charge in [0.15, 0.2) is 0 Å². The molecule has 0 saturated carbocycles. The van der Waals surface area contributed by atoms with Crippen molar-refractivity contribution in [1.29, 1.82) is 0 Å². The molecule has 0 spiro atoms. The van der Waals surface area contributed by atoms with Gasteiger partial charge in [0.05, 0.1) is 5.02 Å². The molecule has 1 saturated heterocycles. The summed E-state index contributed by atoms with van der Waals surface area (Å²) in [5.41, 5.74) is 0.557. The molecule has 1 aromatic rings.